The normalized spacial score (nSPS) is 52.9. The third-order valence-electron chi connectivity index (χ3n) is 2.33. The molecule has 3 atom stereocenters. The Balaban J connectivity index is 2.11. The maximum absolute atomic E-state index is 4.39. The van der Waals surface area contributed by atoms with Crippen LogP contribution in [-0.2, 0) is 0 Å². The number of thiol groups is 1. The fraction of sp³-hybridized carbons (Fsp3) is 1.00. The molecule has 1 aliphatic heterocycles. The third kappa shape index (κ3) is 0.594. The number of hydrogen-bond donors (Lipinski definition) is 2. The molecular formula is C6H11NS. The second-order valence-electron chi connectivity index (χ2n) is 2.88. The van der Waals surface area contributed by atoms with Crippen molar-refractivity contribution in [3.63, 3.8) is 0 Å². The average molecular weight is 129 g/mol. The Labute approximate surface area is 55.3 Å². The van der Waals surface area contributed by atoms with Crippen molar-refractivity contribution in [2.45, 2.75) is 30.7 Å². The van der Waals surface area contributed by atoms with E-state index in [4.69, 9.17) is 0 Å². The summed E-state index contributed by atoms with van der Waals surface area (Å²) >= 11 is 4.39. The first-order valence-electron chi connectivity index (χ1n) is 3.30. The molecule has 1 nitrogen and oxygen atoms in total. The van der Waals surface area contributed by atoms with Gasteiger partial charge in [0.05, 0.1) is 5.37 Å². The molecule has 2 aliphatic rings. The van der Waals surface area contributed by atoms with Crippen LogP contribution in [-0.4, -0.2) is 11.4 Å². The highest BCUT2D eigenvalue weighted by Gasteiger charge is 2.36. The Morgan fingerprint density at radius 3 is 2.50 bits per heavy atom. The molecule has 1 N–H and O–H groups in total. The zero-order chi connectivity index (χ0) is 5.56. The minimum Gasteiger partial charge on any atom is -0.303 e. The third-order valence-corrected chi connectivity index (χ3v) is 2.90. The van der Waals surface area contributed by atoms with E-state index in [1.807, 2.05) is 0 Å². The van der Waals surface area contributed by atoms with Crippen molar-refractivity contribution in [2.75, 3.05) is 0 Å². The van der Waals surface area contributed by atoms with E-state index in [0.717, 1.165) is 12.0 Å². The van der Waals surface area contributed by atoms with Crippen LogP contribution in [0.2, 0.25) is 0 Å². The zero-order valence-corrected chi connectivity index (χ0v) is 5.70. The molecule has 2 fully saturated rings. The van der Waals surface area contributed by atoms with E-state index >= 15 is 0 Å². The second kappa shape index (κ2) is 1.64. The van der Waals surface area contributed by atoms with Crippen LogP contribution in [0, 0.1) is 5.92 Å². The van der Waals surface area contributed by atoms with E-state index in [2.05, 4.69) is 17.9 Å². The quantitative estimate of drug-likeness (QED) is 0.465. The summed E-state index contributed by atoms with van der Waals surface area (Å²) in [6.07, 6.45) is 4.18. The molecule has 2 bridgehead atoms. The largest absolute Gasteiger partial charge is 0.303 e. The van der Waals surface area contributed by atoms with E-state index in [1.54, 1.807) is 0 Å². The summed E-state index contributed by atoms with van der Waals surface area (Å²) in [5, 5.41) is 3.94. The Morgan fingerprint density at radius 2 is 2.25 bits per heavy atom. The van der Waals surface area contributed by atoms with Gasteiger partial charge in [0.25, 0.3) is 0 Å². The predicted octanol–water partition coefficient (Wildman–Crippen LogP) is 1.01. The Bertz CT molecular complexity index is 103. The van der Waals surface area contributed by atoms with Crippen LogP contribution >= 0.6 is 12.6 Å². The van der Waals surface area contributed by atoms with Gasteiger partial charge in [-0.25, -0.2) is 0 Å². The van der Waals surface area contributed by atoms with Gasteiger partial charge in [0.1, 0.15) is 0 Å². The summed E-state index contributed by atoms with van der Waals surface area (Å²) < 4.78 is 0. The summed E-state index contributed by atoms with van der Waals surface area (Å²) in [5.74, 6) is 0.892. The first kappa shape index (κ1) is 5.12. The van der Waals surface area contributed by atoms with Crippen molar-refractivity contribution in [1.29, 1.82) is 0 Å². The molecule has 0 amide bonds. The molecule has 1 aliphatic carbocycles. The van der Waals surface area contributed by atoms with Gasteiger partial charge in [-0.1, -0.05) is 0 Å². The van der Waals surface area contributed by atoms with Crippen molar-refractivity contribution in [3.05, 3.63) is 0 Å². The lowest BCUT2D eigenvalue weighted by Crippen LogP contribution is -2.30. The zero-order valence-electron chi connectivity index (χ0n) is 4.80. The molecule has 0 radical (unpaired) electrons. The molecule has 0 spiro atoms. The minimum absolute atomic E-state index is 0.522. The fourth-order valence-electron chi connectivity index (χ4n) is 1.83. The molecule has 0 aromatic heterocycles. The maximum Gasteiger partial charge on any atom is 0.0533 e. The Kier molecular flexibility index (Phi) is 1.05. The molecule has 1 unspecified atom stereocenters. The van der Waals surface area contributed by atoms with Crippen molar-refractivity contribution < 1.29 is 0 Å². The molecule has 2 rings (SSSR count). The molecule has 0 aromatic carbocycles. The molecule has 1 saturated heterocycles. The maximum atomic E-state index is 4.39. The summed E-state index contributed by atoms with van der Waals surface area (Å²) in [6, 6.07) is 0.822. The minimum atomic E-state index is 0.522. The van der Waals surface area contributed by atoms with Gasteiger partial charge in [-0.3, -0.25) is 0 Å². The summed E-state index contributed by atoms with van der Waals surface area (Å²) in [6.45, 7) is 0. The lowest BCUT2D eigenvalue weighted by Gasteiger charge is -2.16. The van der Waals surface area contributed by atoms with Gasteiger partial charge < -0.3 is 5.32 Å². The number of nitrogens with one attached hydrogen (secondary N) is 1. The van der Waals surface area contributed by atoms with E-state index in [-0.39, 0.29) is 0 Å². The number of fused-ring (bicyclic) bond motifs is 2. The highest BCUT2D eigenvalue weighted by Crippen LogP contribution is 2.36. The van der Waals surface area contributed by atoms with Crippen molar-refractivity contribution in [1.82, 2.24) is 5.32 Å². The van der Waals surface area contributed by atoms with Crippen LogP contribution in [0.25, 0.3) is 0 Å². The number of rotatable bonds is 0. The van der Waals surface area contributed by atoms with Gasteiger partial charge in [-0.2, -0.15) is 12.6 Å². The van der Waals surface area contributed by atoms with E-state index in [0.29, 0.717) is 5.37 Å². The topological polar surface area (TPSA) is 12.0 Å². The van der Waals surface area contributed by atoms with Crippen LogP contribution in [0.1, 0.15) is 19.3 Å². The lowest BCUT2D eigenvalue weighted by atomic mass is 10.1. The molecule has 1 heterocycles. The molecule has 0 aromatic rings. The van der Waals surface area contributed by atoms with Crippen molar-refractivity contribution >= 4 is 12.6 Å². The average Bonchev–Trinajstić information content (AvgIpc) is 2.23. The molecule has 8 heavy (non-hydrogen) atoms. The Hall–Kier alpha value is 0.310. The number of piperidine rings is 1. The molecule has 1 saturated carbocycles. The summed E-state index contributed by atoms with van der Waals surface area (Å²) in [7, 11) is 0. The van der Waals surface area contributed by atoms with Crippen LogP contribution in [0.5, 0.6) is 0 Å². The van der Waals surface area contributed by atoms with Crippen molar-refractivity contribution in [2.24, 2.45) is 5.92 Å². The first-order valence-corrected chi connectivity index (χ1v) is 3.82. The van der Waals surface area contributed by atoms with Gasteiger partial charge in [0.2, 0.25) is 0 Å². The molecule has 2 heteroatoms. The molecule has 46 valence electrons. The van der Waals surface area contributed by atoms with Gasteiger partial charge in [-0.15, -0.1) is 0 Å². The number of hydrogen-bond acceptors (Lipinski definition) is 2. The van der Waals surface area contributed by atoms with E-state index < -0.39 is 0 Å². The fourth-order valence-corrected chi connectivity index (χ4v) is 2.31. The highest BCUT2D eigenvalue weighted by atomic mass is 32.1. The predicted molar refractivity (Wildman–Crippen MR) is 37.0 cm³/mol. The summed E-state index contributed by atoms with van der Waals surface area (Å²) in [4.78, 5) is 0. The standard InChI is InChI=1S/C6H11NS/c8-6-4-1-2-5(3-4)7-6/h4-8H,1-3H2/t4-,5?,6+/m0/s1. The van der Waals surface area contributed by atoms with Crippen LogP contribution in [0.4, 0.5) is 0 Å². The van der Waals surface area contributed by atoms with Crippen LogP contribution in [0.3, 0.4) is 0 Å². The van der Waals surface area contributed by atoms with E-state index in [1.165, 1.54) is 19.3 Å². The van der Waals surface area contributed by atoms with Gasteiger partial charge in [0, 0.05) is 6.04 Å². The van der Waals surface area contributed by atoms with Gasteiger partial charge >= 0.3 is 0 Å². The highest BCUT2D eigenvalue weighted by molar-refractivity contribution is 7.80. The molecular weight excluding hydrogens is 118 g/mol. The van der Waals surface area contributed by atoms with Crippen LogP contribution in [0.15, 0.2) is 0 Å². The SMILES string of the molecule is S[C@H]1NC2CC[C@H]1C2. The monoisotopic (exact) mass is 129 g/mol. The van der Waals surface area contributed by atoms with E-state index in [9.17, 15) is 0 Å². The van der Waals surface area contributed by atoms with Crippen molar-refractivity contribution in [3.8, 4) is 0 Å². The lowest BCUT2D eigenvalue weighted by molar-refractivity contribution is 0.477. The van der Waals surface area contributed by atoms with Gasteiger partial charge in [0.15, 0.2) is 0 Å². The van der Waals surface area contributed by atoms with Gasteiger partial charge in [-0.05, 0) is 25.2 Å². The first-order chi connectivity index (χ1) is 3.86. The van der Waals surface area contributed by atoms with Crippen LogP contribution < -0.4 is 5.32 Å². The summed E-state index contributed by atoms with van der Waals surface area (Å²) in [5.41, 5.74) is 0. The second-order valence-corrected chi connectivity index (χ2v) is 3.44. The Morgan fingerprint density at radius 1 is 1.38 bits per heavy atom. The smallest absolute Gasteiger partial charge is 0.0533 e.